The van der Waals surface area contributed by atoms with Gasteiger partial charge in [0.1, 0.15) is 17.3 Å². The summed E-state index contributed by atoms with van der Waals surface area (Å²) in [7, 11) is 0. The second-order valence-corrected chi connectivity index (χ2v) is 13.3. The van der Waals surface area contributed by atoms with Crippen molar-refractivity contribution in [1.82, 2.24) is 14.5 Å². The third-order valence-electron chi connectivity index (χ3n) is 8.70. The lowest BCUT2D eigenvalue weighted by atomic mass is 9.88. The van der Waals surface area contributed by atoms with Crippen LogP contribution in [-0.4, -0.2) is 51.2 Å². The average molecular weight is 703 g/mol. The predicted molar refractivity (Wildman–Crippen MR) is 183 cm³/mol. The summed E-state index contributed by atoms with van der Waals surface area (Å²) in [5.41, 5.74) is 4.95. The Kier molecular flexibility index (Phi) is 9.43. The first-order chi connectivity index (χ1) is 22.2. The number of fused-ring (bicyclic) bond motifs is 1. The van der Waals surface area contributed by atoms with Crippen molar-refractivity contribution in [2.45, 2.75) is 52.7 Å². The van der Waals surface area contributed by atoms with Gasteiger partial charge in [-0.25, -0.2) is 13.8 Å². The molecule has 1 fully saturated rings. The van der Waals surface area contributed by atoms with Gasteiger partial charge in [-0.15, -0.1) is 0 Å². The lowest BCUT2D eigenvalue weighted by molar-refractivity contribution is -0.130. The Morgan fingerprint density at radius 3 is 2.36 bits per heavy atom. The number of pyridine rings is 2. The molecule has 5 rings (SSSR count). The first-order valence-electron chi connectivity index (χ1n) is 14.9. The number of halogens is 5. The maximum Gasteiger partial charge on any atom is 0.272 e. The SMILES string of the molecule is C=CC(=O)N1[C@H](C)CN(c2c(C#N)c(=O)n(C3C(C(C)C)=NC=C[C@H]3C)c3nc(-c4c(Cl)c(N)c(F)c(F)c4Cl)c(Cl)cc23)C[C@@H]1C. The molecule has 1 amide bonds. The third-order valence-corrected chi connectivity index (χ3v) is 9.74. The first-order valence-corrected chi connectivity index (χ1v) is 16.0. The lowest BCUT2D eigenvalue weighted by Gasteiger charge is -2.45. The van der Waals surface area contributed by atoms with Gasteiger partial charge >= 0.3 is 0 Å². The van der Waals surface area contributed by atoms with Crippen molar-refractivity contribution in [3.8, 4) is 17.3 Å². The number of aromatic nitrogens is 2. The van der Waals surface area contributed by atoms with E-state index in [0.717, 1.165) is 0 Å². The summed E-state index contributed by atoms with van der Waals surface area (Å²) in [6.45, 7) is 13.7. The summed E-state index contributed by atoms with van der Waals surface area (Å²) in [5.74, 6) is -3.45. The molecule has 2 aromatic heterocycles. The molecule has 0 spiro atoms. The van der Waals surface area contributed by atoms with Crippen molar-refractivity contribution in [2.75, 3.05) is 23.7 Å². The maximum atomic E-state index is 14.9. The number of aliphatic imine (C=N–C) groups is 1. The smallest absolute Gasteiger partial charge is 0.272 e. The van der Waals surface area contributed by atoms with Gasteiger partial charge in [0.25, 0.3) is 5.56 Å². The minimum absolute atomic E-state index is 0.0713. The van der Waals surface area contributed by atoms with E-state index in [1.807, 2.05) is 45.6 Å². The molecular weight excluding hydrogens is 671 g/mol. The van der Waals surface area contributed by atoms with E-state index in [1.165, 1.54) is 16.7 Å². The number of nitriles is 1. The van der Waals surface area contributed by atoms with Gasteiger partial charge in [-0.3, -0.25) is 19.1 Å². The molecule has 1 unspecified atom stereocenters. The lowest BCUT2D eigenvalue weighted by Crippen LogP contribution is -2.58. The highest BCUT2D eigenvalue weighted by molar-refractivity contribution is 6.42. The van der Waals surface area contributed by atoms with E-state index in [1.54, 1.807) is 11.1 Å². The number of hydrogen-bond donors (Lipinski definition) is 1. The summed E-state index contributed by atoms with van der Waals surface area (Å²) < 4.78 is 30.8. The van der Waals surface area contributed by atoms with Gasteiger partial charge in [-0.2, -0.15) is 5.26 Å². The van der Waals surface area contributed by atoms with Crippen molar-refractivity contribution in [3.05, 3.63) is 73.6 Å². The highest BCUT2D eigenvalue weighted by Gasteiger charge is 2.37. The molecular formula is C33H32Cl3F2N7O2. The third kappa shape index (κ3) is 5.56. The molecule has 47 heavy (non-hydrogen) atoms. The molecule has 2 aliphatic heterocycles. The summed E-state index contributed by atoms with van der Waals surface area (Å²) in [4.78, 5) is 40.2. The van der Waals surface area contributed by atoms with Crippen molar-refractivity contribution < 1.29 is 13.6 Å². The summed E-state index contributed by atoms with van der Waals surface area (Å²) in [5, 5.41) is 9.70. The van der Waals surface area contributed by atoms with Gasteiger partial charge < -0.3 is 15.5 Å². The van der Waals surface area contributed by atoms with E-state index >= 15 is 0 Å². The van der Waals surface area contributed by atoms with E-state index in [4.69, 9.17) is 45.5 Å². The molecule has 9 nitrogen and oxygen atoms in total. The topological polar surface area (TPSA) is 121 Å². The fourth-order valence-electron chi connectivity index (χ4n) is 6.63. The number of benzene rings is 1. The van der Waals surface area contributed by atoms with Crippen LogP contribution in [0, 0.1) is 34.8 Å². The van der Waals surface area contributed by atoms with Crippen LogP contribution in [0.15, 0.2) is 40.8 Å². The molecule has 4 atom stereocenters. The Morgan fingerprint density at radius 2 is 1.79 bits per heavy atom. The van der Waals surface area contributed by atoms with Crippen molar-refractivity contribution in [2.24, 2.45) is 16.8 Å². The number of hydrogen-bond acceptors (Lipinski definition) is 7. The number of nitrogens with two attached hydrogens (primary N) is 1. The van der Waals surface area contributed by atoms with Crippen LogP contribution in [0.5, 0.6) is 0 Å². The normalized spacial score (nSPS) is 21.3. The molecule has 4 heterocycles. The standard InChI is InChI=1S/C33H32Cl3F2N7O2/c1-7-21(46)44-16(5)12-43(13-17(44)6)31-18-10-20(34)29(22-23(35)25(37)26(38)27(40)24(22)36)42-32(18)45(33(47)19(31)11-39)30-15(4)8-9-41-28(30)14(2)3/h7-10,14-17,30H,1,12-13,40H2,2-6H3/t15-,16-,17+,30?/m1/s1. The molecule has 0 radical (unpaired) electrons. The molecule has 0 saturated carbocycles. The van der Waals surface area contributed by atoms with E-state index < -0.39 is 39.0 Å². The first kappa shape index (κ1) is 34.4. The van der Waals surface area contributed by atoms with Crippen LogP contribution in [0.2, 0.25) is 15.1 Å². The molecule has 0 aliphatic carbocycles. The zero-order valence-corrected chi connectivity index (χ0v) is 28.6. The Morgan fingerprint density at radius 1 is 1.15 bits per heavy atom. The fraction of sp³-hybridized carbons (Fsp3) is 0.364. The van der Waals surface area contributed by atoms with E-state index in [-0.39, 0.29) is 76.1 Å². The van der Waals surface area contributed by atoms with E-state index in [2.05, 4.69) is 17.6 Å². The average Bonchev–Trinajstić information content (AvgIpc) is 3.02. The van der Waals surface area contributed by atoms with E-state index in [9.17, 15) is 23.6 Å². The Balaban J connectivity index is 1.91. The fourth-order valence-corrected chi connectivity index (χ4v) is 7.46. The number of rotatable bonds is 5. The molecule has 0 bridgehead atoms. The number of carbonyl (C=O) groups excluding carboxylic acids is 1. The number of allylic oxidation sites excluding steroid dienone is 1. The number of amides is 1. The number of nitrogen functional groups attached to an aromatic ring is 1. The largest absolute Gasteiger partial charge is 0.395 e. The van der Waals surface area contributed by atoms with Crippen LogP contribution in [0.25, 0.3) is 22.3 Å². The summed E-state index contributed by atoms with van der Waals surface area (Å²) in [6.07, 6.45) is 4.77. The minimum Gasteiger partial charge on any atom is -0.395 e. The van der Waals surface area contributed by atoms with Crippen LogP contribution in [0.1, 0.15) is 46.2 Å². The van der Waals surface area contributed by atoms with Gasteiger partial charge in [0.15, 0.2) is 11.6 Å². The highest BCUT2D eigenvalue weighted by Crippen LogP contribution is 2.45. The Hall–Kier alpha value is -3.98. The predicted octanol–water partition coefficient (Wildman–Crippen LogP) is 7.17. The van der Waals surface area contributed by atoms with Gasteiger partial charge in [-0.1, -0.05) is 68.2 Å². The number of piperazine rings is 1. The van der Waals surface area contributed by atoms with Gasteiger partial charge in [0.05, 0.1) is 38.2 Å². The van der Waals surface area contributed by atoms with Crippen LogP contribution in [0.4, 0.5) is 20.2 Å². The summed E-state index contributed by atoms with van der Waals surface area (Å²) in [6, 6.07) is 2.32. The number of carbonyl (C=O) groups is 1. The van der Waals surface area contributed by atoms with Crippen LogP contribution in [-0.2, 0) is 4.79 Å². The van der Waals surface area contributed by atoms with Crippen molar-refractivity contribution >= 4 is 68.8 Å². The second-order valence-electron chi connectivity index (χ2n) is 12.2. The van der Waals surface area contributed by atoms with Crippen molar-refractivity contribution in [3.63, 3.8) is 0 Å². The van der Waals surface area contributed by atoms with Gasteiger partial charge in [0.2, 0.25) is 5.91 Å². The second kappa shape index (κ2) is 12.9. The maximum absolute atomic E-state index is 14.9. The Bertz CT molecular complexity index is 1960. The molecule has 3 aromatic rings. The minimum atomic E-state index is -1.44. The van der Waals surface area contributed by atoms with Crippen LogP contribution in [0.3, 0.4) is 0 Å². The number of nitrogens with zero attached hydrogens (tertiary/aromatic N) is 6. The number of anilines is 2. The zero-order valence-electron chi connectivity index (χ0n) is 26.3. The van der Waals surface area contributed by atoms with Gasteiger partial charge in [-0.05, 0) is 31.9 Å². The molecule has 1 saturated heterocycles. The summed E-state index contributed by atoms with van der Waals surface area (Å²) >= 11 is 19.5. The molecule has 2 N–H and O–H groups in total. The zero-order chi connectivity index (χ0) is 34.6. The molecule has 246 valence electrons. The monoisotopic (exact) mass is 701 g/mol. The van der Waals surface area contributed by atoms with Crippen LogP contribution >= 0.6 is 34.8 Å². The molecule has 14 heteroatoms. The quantitative estimate of drug-likeness (QED) is 0.130. The van der Waals surface area contributed by atoms with Crippen molar-refractivity contribution in [1.29, 1.82) is 5.26 Å². The molecule has 2 aliphatic rings. The van der Waals surface area contributed by atoms with Crippen LogP contribution < -0.4 is 16.2 Å². The Labute approximate surface area is 285 Å². The molecule has 1 aromatic carbocycles. The van der Waals surface area contributed by atoms with E-state index in [0.29, 0.717) is 11.1 Å². The highest BCUT2D eigenvalue weighted by atomic mass is 35.5. The van der Waals surface area contributed by atoms with Gasteiger partial charge in [0, 0.05) is 54.0 Å².